The molecule has 2 N–H and O–H groups in total. The molecule has 0 aromatic heterocycles. The summed E-state index contributed by atoms with van der Waals surface area (Å²) in [5, 5.41) is 0. The first kappa shape index (κ1) is 10.2. The Morgan fingerprint density at radius 2 is 1.92 bits per heavy atom. The van der Waals surface area contributed by atoms with Crippen LogP contribution in [-0.2, 0) is 6.42 Å². The predicted octanol–water partition coefficient (Wildman–Crippen LogP) is 2.35. The zero-order valence-electron chi connectivity index (χ0n) is 7.96. The maximum Gasteiger partial charge on any atom is 0.123 e. The second-order valence-corrected chi connectivity index (χ2v) is 3.51. The molecule has 0 fully saturated rings. The third kappa shape index (κ3) is 3.55. The first-order chi connectivity index (χ1) is 6.22. The minimum Gasteiger partial charge on any atom is -0.330 e. The van der Waals surface area contributed by atoms with Gasteiger partial charge in [-0.3, -0.25) is 0 Å². The zero-order chi connectivity index (χ0) is 9.68. The van der Waals surface area contributed by atoms with Gasteiger partial charge in [0.25, 0.3) is 0 Å². The zero-order valence-corrected chi connectivity index (χ0v) is 7.96. The van der Waals surface area contributed by atoms with Crippen molar-refractivity contribution in [3.05, 3.63) is 35.6 Å². The molecule has 1 rings (SSSR count). The van der Waals surface area contributed by atoms with Gasteiger partial charge in [0.1, 0.15) is 5.82 Å². The molecule has 0 saturated carbocycles. The molecule has 0 aliphatic rings. The minimum absolute atomic E-state index is 0.171. The monoisotopic (exact) mass is 181 g/mol. The molecule has 0 bridgehead atoms. The van der Waals surface area contributed by atoms with Gasteiger partial charge in [0.2, 0.25) is 0 Å². The van der Waals surface area contributed by atoms with Gasteiger partial charge >= 0.3 is 0 Å². The van der Waals surface area contributed by atoms with Crippen molar-refractivity contribution < 1.29 is 4.39 Å². The highest BCUT2D eigenvalue weighted by Crippen LogP contribution is 2.09. The molecular formula is C11H16FN. The number of nitrogens with two attached hydrogens (primary N) is 1. The molecular weight excluding hydrogens is 165 g/mol. The molecule has 72 valence electrons. The standard InChI is InChI=1S/C11H16FN/c1-9(8-13)2-3-10-4-6-11(12)7-5-10/h4-7,9H,2-3,8,13H2,1H3/t9-/m1/s1. The van der Waals surface area contributed by atoms with Crippen LogP contribution in [0.15, 0.2) is 24.3 Å². The van der Waals surface area contributed by atoms with E-state index < -0.39 is 0 Å². The van der Waals surface area contributed by atoms with E-state index in [0.717, 1.165) is 19.4 Å². The second-order valence-electron chi connectivity index (χ2n) is 3.51. The topological polar surface area (TPSA) is 26.0 Å². The van der Waals surface area contributed by atoms with Crippen molar-refractivity contribution in [3.63, 3.8) is 0 Å². The normalized spacial score (nSPS) is 12.8. The van der Waals surface area contributed by atoms with E-state index in [0.29, 0.717) is 5.92 Å². The van der Waals surface area contributed by atoms with E-state index >= 15 is 0 Å². The molecule has 0 amide bonds. The third-order valence-electron chi connectivity index (χ3n) is 2.24. The Kier molecular flexibility index (Phi) is 3.90. The number of rotatable bonds is 4. The fourth-order valence-corrected chi connectivity index (χ4v) is 1.18. The quantitative estimate of drug-likeness (QED) is 0.758. The molecule has 0 aliphatic heterocycles. The first-order valence-corrected chi connectivity index (χ1v) is 4.67. The summed E-state index contributed by atoms with van der Waals surface area (Å²) < 4.78 is 12.5. The minimum atomic E-state index is -0.171. The van der Waals surface area contributed by atoms with Crippen LogP contribution in [0.25, 0.3) is 0 Å². The fourth-order valence-electron chi connectivity index (χ4n) is 1.18. The van der Waals surface area contributed by atoms with E-state index in [9.17, 15) is 4.39 Å². The number of hydrogen-bond donors (Lipinski definition) is 1. The van der Waals surface area contributed by atoms with Crippen molar-refractivity contribution in [1.82, 2.24) is 0 Å². The van der Waals surface area contributed by atoms with Crippen molar-refractivity contribution >= 4 is 0 Å². The maximum absolute atomic E-state index is 12.5. The van der Waals surface area contributed by atoms with Crippen LogP contribution in [0.5, 0.6) is 0 Å². The summed E-state index contributed by atoms with van der Waals surface area (Å²) in [6.45, 7) is 2.85. The number of aryl methyl sites for hydroxylation is 1. The van der Waals surface area contributed by atoms with E-state index in [1.807, 2.05) is 12.1 Å². The van der Waals surface area contributed by atoms with Crippen molar-refractivity contribution in [2.75, 3.05) is 6.54 Å². The highest BCUT2D eigenvalue weighted by molar-refractivity contribution is 5.16. The highest BCUT2D eigenvalue weighted by atomic mass is 19.1. The molecule has 1 nitrogen and oxygen atoms in total. The molecule has 0 heterocycles. The fraction of sp³-hybridized carbons (Fsp3) is 0.455. The Labute approximate surface area is 78.8 Å². The third-order valence-corrected chi connectivity index (χ3v) is 2.24. The summed E-state index contributed by atoms with van der Waals surface area (Å²) in [6.07, 6.45) is 2.06. The van der Waals surface area contributed by atoms with Crippen LogP contribution in [0.3, 0.4) is 0 Å². The molecule has 0 radical (unpaired) electrons. The van der Waals surface area contributed by atoms with Crippen LogP contribution < -0.4 is 5.73 Å². The lowest BCUT2D eigenvalue weighted by atomic mass is 10.0. The molecule has 2 heteroatoms. The summed E-state index contributed by atoms with van der Waals surface area (Å²) in [5.74, 6) is 0.376. The summed E-state index contributed by atoms with van der Waals surface area (Å²) in [4.78, 5) is 0. The molecule has 1 aromatic carbocycles. The number of halogens is 1. The highest BCUT2D eigenvalue weighted by Gasteiger charge is 1.99. The Morgan fingerprint density at radius 1 is 1.31 bits per heavy atom. The van der Waals surface area contributed by atoms with Gasteiger partial charge in [0.15, 0.2) is 0 Å². The van der Waals surface area contributed by atoms with Crippen molar-refractivity contribution in [1.29, 1.82) is 0 Å². The number of hydrogen-bond acceptors (Lipinski definition) is 1. The van der Waals surface area contributed by atoms with Crippen molar-refractivity contribution in [2.45, 2.75) is 19.8 Å². The summed E-state index contributed by atoms with van der Waals surface area (Å²) in [5.41, 5.74) is 6.68. The number of benzene rings is 1. The van der Waals surface area contributed by atoms with Gasteiger partial charge in [-0.05, 0) is 43.0 Å². The van der Waals surface area contributed by atoms with Crippen molar-refractivity contribution in [3.8, 4) is 0 Å². The predicted molar refractivity (Wildman–Crippen MR) is 52.9 cm³/mol. The summed E-state index contributed by atoms with van der Waals surface area (Å²) in [7, 11) is 0. The summed E-state index contributed by atoms with van der Waals surface area (Å²) >= 11 is 0. The lowest BCUT2D eigenvalue weighted by Gasteiger charge is -2.07. The van der Waals surface area contributed by atoms with Crippen LogP contribution in [0.1, 0.15) is 18.9 Å². The van der Waals surface area contributed by atoms with E-state index in [4.69, 9.17) is 5.73 Å². The van der Waals surface area contributed by atoms with Gasteiger partial charge in [0, 0.05) is 0 Å². The Morgan fingerprint density at radius 3 is 2.46 bits per heavy atom. The molecule has 1 atom stereocenters. The molecule has 0 saturated heterocycles. The SMILES string of the molecule is C[C@@H](CN)CCc1ccc(F)cc1. The summed E-state index contributed by atoms with van der Waals surface area (Å²) in [6, 6.07) is 6.67. The molecule has 0 spiro atoms. The van der Waals surface area contributed by atoms with E-state index in [1.54, 1.807) is 0 Å². The van der Waals surface area contributed by atoms with E-state index in [1.165, 1.54) is 17.7 Å². The smallest absolute Gasteiger partial charge is 0.123 e. The van der Waals surface area contributed by atoms with Gasteiger partial charge < -0.3 is 5.73 Å². The lowest BCUT2D eigenvalue weighted by Crippen LogP contribution is -2.11. The van der Waals surface area contributed by atoms with Crippen LogP contribution in [0.4, 0.5) is 4.39 Å². The average molecular weight is 181 g/mol. The van der Waals surface area contributed by atoms with Crippen molar-refractivity contribution in [2.24, 2.45) is 11.7 Å². The van der Waals surface area contributed by atoms with Crippen LogP contribution in [0.2, 0.25) is 0 Å². The van der Waals surface area contributed by atoms with Gasteiger partial charge in [-0.25, -0.2) is 4.39 Å². The van der Waals surface area contributed by atoms with E-state index in [2.05, 4.69) is 6.92 Å². The average Bonchev–Trinajstić information content (AvgIpc) is 2.16. The van der Waals surface area contributed by atoms with E-state index in [-0.39, 0.29) is 5.82 Å². The van der Waals surface area contributed by atoms with Crippen LogP contribution in [-0.4, -0.2) is 6.54 Å². The molecule has 13 heavy (non-hydrogen) atoms. The van der Waals surface area contributed by atoms with Gasteiger partial charge in [-0.2, -0.15) is 0 Å². The van der Waals surface area contributed by atoms with Crippen LogP contribution in [0, 0.1) is 11.7 Å². The Balaban J connectivity index is 2.41. The Hall–Kier alpha value is -0.890. The molecule has 1 aromatic rings. The molecule has 0 aliphatic carbocycles. The van der Waals surface area contributed by atoms with Gasteiger partial charge in [0.05, 0.1) is 0 Å². The lowest BCUT2D eigenvalue weighted by molar-refractivity contribution is 0.544. The van der Waals surface area contributed by atoms with Crippen LogP contribution >= 0.6 is 0 Å². The largest absolute Gasteiger partial charge is 0.330 e. The van der Waals surface area contributed by atoms with Gasteiger partial charge in [-0.1, -0.05) is 19.1 Å². The van der Waals surface area contributed by atoms with Gasteiger partial charge in [-0.15, -0.1) is 0 Å². The molecule has 0 unspecified atom stereocenters. The second kappa shape index (κ2) is 4.97. The first-order valence-electron chi connectivity index (χ1n) is 4.67. The maximum atomic E-state index is 12.5. The Bertz CT molecular complexity index is 243.